The van der Waals surface area contributed by atoms with E-state index in [0.29, 0.717) is 13.1 Å². The summed E-state index contributed by atoms with van der Waals surface area (Å²) in [4.78, 5) is 21.4. The summed E-state index contributed by atoms with van der Waals surface area (Å²) in [6.07, 6.45) is 1.87. The molecule has 0 aliphatic rings. The quantitative estimate of drug-likeness (QED) is 0.277. The number of nitrogens with zero attached hydrogens (tertiary/aromatic N) is 2. The lowest BCUT2D eigenvalue weighted by Gasteiger charge is -2.12. The number of guanidine groups is 1. The molecule has 1 heterocycles. The smallest absolute Gasteiger partial charge is 0.319 e. The molecular formula is C18H27IN6OS. The zero-order valence-electron chi connectivity index (χ0n) is 16.0. The van der Waals surface area contributed by atoms with Crippen LogP contribution in [0.15, 0.2) is 35.5 Å². The normalized spacial score (nSPS) is 10.9. The van der Waals surface area contributed by atoms with E-state index in [1.807, 2.05) is 51.2 Å². The molecule has 2 rings (SSSR count). The molecule has 0 spiro atoms. The number of halogens is 1. The van der Waals surface area contributed by atoms with Crippen LogP contribution in [0.25, 0.3) is 0 Å². The molecular weight excluding hydrogens is 475 g/mol. The van der Waals surface area contributed by atoms with Gasteiger partial charge in [-0.15, -0.1) is 35.3 Å². The van der Waals surface area contributed by atoms with Gasteiger partial charge >= 0.3 is 6.03 Å². The molecule has 2 aromatic rings. The molecule has 0 saturated carbocycles. The van der Waals surface area contributed by atoms with E-state index >= 15 is 0 Å². The van der Waals surface area contributed by atoms with Crippen LogP contribution >= 0.6 is 35.3 Å². The van der Waals surface area contributed by atoms with E-state index in [0.717, 1.165) is 22.2 Å². The molecule has 9 heteroatoms. The lowest BCUT2D eigenvalue weighted by molar-refractivity contribution is 0.250. The minimum atomic E-state index is -0.201. The van der Waals surface area contributed by atoms with Crippen molar-refractivity contribution in [3.8, 4) is 0 Å². The van der Waals surface area contributed by atoms with Crippen molar-refractivity contribution in [3.63, 3.8) is 0 Å². The van der Waals surface area contributed by atoms with E-state index in [4.69, 9.17) is 0 Å². The van der Waals surface area contributed by atoms with Gasteiger partial charge in [0.15, 0.2) is 5.96 Å². The first-order valence-electron chi connectivity index (χ1n) is 8.48. The van der Waals surface area contributed by atoms with Crippen LogP contribution in [0.3, 0.4) is 0 Å². The molecule has 0 aliphatic carbocycles. The second-order valence-electron chi connectivity index (χ2n) is 6.09. The molecule has 27 heavy (non-hydrogen) atoms. The second kappa shape index (κ2) is 11.8. The van der Waals surface area contributed by atoms with Gasteiger partial charge in [0, 0.05) is 36.4 Å². The standard InChI is InChI=1S/C18H26N6OS.HI/c1-12(2)23-18(25)24-15-7-5-14(6-8-15)10-21-17(19-4)22-11-16-20-9-13(3)26-16;/h5-9,12H,10-11H2,1-4H3,(H2,19,21,22)(H2,23,24,25);1H. The molecule has 4 N–H and O–H groups in total. The molecule has 0 unspecified atom stereocenters. The number of carbonyl (C=O) groups is 1. The van der Waals surface area contributed by atoms with Crippen LogP contribution in [-0.4, -0.2) is 30.1 Å². The van der Waals surface area contributed by atoms with Crippen molar-refractivity contribution in [1.29, 1.82) is 0 Å². The van der Waals surface area contributed by atoms with Gasteiger partial charge in [-0.25, -0.2) is 9.78 Å². The summed E-state index contributed by atoms with van der Waals surface area (Å²) in [6, 6.07) is 7.60. The van der Waals surface area contributed by atoms with Gasteiger partial charge in [0.25, 0.3) is 0 Å². The molecule has 148 valence electrons. The summed E-state index contributed by atoms with van der Waals surface area (Å²) in [7, 11) is 1.74. The molecule has 0 bridgehead atoms. The van der Waals surface area contributed by atoms with Crippen molar-refractivity contribution in [2.75, 3.05) is 12.4 Å². The third kappa shape index (κ3) is 8.57. The van der Waals surface area contributed by atoms with Crippen LogP contribution in [-0.2, 0) is 13.1 Å². The summed E-state index contributed by atoms with van der Waals surface area (Å²) >= 11 is 1.67. The van der Waals surface area contributed by atoms with Crippen LogP contribution < -0.4 is 21.3 Å². The Bertz CT molecular complexity index is 745. The van der Waals surface area contributed by atoms with Crippen molar-refractivity contribution in [2.45, 2.75) is 39.9 Å². The van der Waals surface area contributed by atoms with Crippen molar-refractivity contribution in [2.24, 2.45) is 4.99 Å². The average molecular weight is 502 g/mol. The van der Waals surface area contributed by atoms with Crippen LogP contribution in [0.2, 0.25) is 0 Å². The van der Waals surface area contributed by atoms with Gasteiger partial charge < -0.3 is 21.3 Å². The molecule has 1 aromatic carbocycles. The fraction of sp³-hybridized carbons (Fsp3) is 0.389. The molecule has 0 radical (unpaired) electrons. The lowest BCUT2D eigenvalue weighted by Crippen LogP contribution is -2.36. The number of carbonyl (C=O) groups excluding carboxylic acids is 1. The SMILES string of the molecule is CN=C(NCc1ccc(NC(=O)NC(C)C)cc1)NCc1ncc(C)s1.I. The summed E-state index contributed by atoms with van der Waals surface area (Å²) in [5, 5.41) is 13.1. The summed E-state index contributed by atoms with van der Waals surface area (Å²) in [6.45, 7) is 7.16. The van der Waals surface area contributed by atoms with Crippen LogP contribution in [0.5, 0.6) is 0 Å². The highest BCUT2D eigenvalue weighted by atomic mass is 127. The van der Waals surface area contributed by atoms with E-state index in [1.165, 1.54) is 4.88 Å². The van der Waals surface area contributed by atoms with Gasteiger partial charge in [0.2, 0.25) is 0 Å². The van der Waals surface area contributed by atoms with E-state index in [9.17, 15) is 4.79 Å². The first-order chi connectivity index (χ1) is 12.5. The summed E-state index contributed by atoms with van der Waals surface area (Å²) in [5.74, 6) is 0.719. The lowest BCUT2D eigenvalue weighted by atomic mass is 10.2. The molecule has 0 saturated heterocycles. The Balaban J connectivity index is 0.00000364. The third-order valence-corrected chi connectivity index (χ3v) is 4.30. The molecule has 0 aliphatic heterocycles. The predicted octanol–water partition coefficient (Wildman–Crippen LogP) is 3.46. The first-order valence-corrected chi connectivity index (χ1v) is 9.30. The number of rotatable bonds is 6. The van der Waals surface area contributed by atoms with E-state index < -0.39 is 0 Å². The van der Waals surface area contributed by atoms with E-state index in [2.05, 4.69) is 31.2 Å². The van der Waals surface area contributed by atoms with E-state index in [-0.39, 0.29) is 36.0 Å². The Morgan fingerprint density at radius 2 is 1.85 bits per heavy atom. The number of hydrogen-bond donors (Lipinski definition) is 4. The summed E-state index contributed by atoms with van der Waals surface area (Å²) < 4.78 is 0. The number of aromatic nitrogens is 1. The van der Waals surface area contributed by atoms with Crippen molar-refractivity contribution < 1.29 is 4.79 Å². The second-order valence-corrected chi connectivity index (χ2v) is 7.41. The maximum absolute atomic E-state index is 11.7. The minimum absolute atomic E-state index is 0. The molecule has 0 fully saturated rings. The number of anilines is 1. The highest BCUT2D eigenvalue weighted by Crippen LogP contribution is 2.11. The monoisotopic (exact) mass is 502 g/mol. The maximum Gasteiger partial charge on any atom is 0.319 e. The Labute approximate surface area is 181 Å². The largest absolute Gasteiger partial charge is 0.352 e. The van der Waals surface area contributed by atoms with Gasteiger partial charge in [-0.3, -0.25) is 4.99 Å². The molecule has 2 amide bonds. The van der Waals surface area contributed by atoms with Crippen LogP contribution in [0, 0.1) is 6.92 Å². The Hall–Kier alpha value is -1.88. The van der Waals surface area contributed by atoms with Crippen molar-refractivity contribution in [3.05, 3.63) is 45.9 Å². The van der Waals surface area contributed by atoms with Gasteiger partial charge in [-0.05, 0) is 38.5 Å². The molecule has 0 atom stereocenters. The fourth-order valence-corrected chi connectivity index (χ4v) is 2.91. The molecule has 1 aromatic heterocycles. The number of urea groups is 1. The van der Waals surface area contributed by atoms with Gasteiger partial charge in [-0.1, -0.05) is 12.1 Å². The predicted molar refractivity (Wildman–Crippen MR) is 123 cm³/mol. The molecule has 7 nitrogen and oxygen atoms in total. The van der Waals surface area contributed by atoms with Crippen LogP contribution in [0.4, 0.5) is 10.5 Å². The van der Waals surface area contributed by atoms with E-state index in [1.54, 1.807) is 18.4 Å². The first kappa shape index (κ1) is 23.2. The maximum atomic E-state index is 11.7. The number of aryl methyl sites for hydroxylation is 1. The third-order valence-electron chi connectivity index (χ3n) is 3.39. The average Bonchev–Trinajstić information content (AvgIpc) is 3.01. The zero-order chi connectivity index (χ0) is 18.9. The van der Waals surface area contributed by atoms with Gasteiger partial charge in [-0.2, -0.15) is 0 Å². The van der Waals surface area contributed by atoms with Gasteiger partial charge in [0.1, 0.15) is 5.01 Å². The Kier molecular flexibility index (Phi) is 10.1. The number of aliphatic imine (C=N–C) groups is 1. The highest BCUT2D eigenvalue weighted by Gasteiger charge is 2.04. The number of benzene rings is 1. The highest BCUT2D eigenvalue weighted by molar-refractivity contribution is 14.0. The fourth-order valence-electron chi connectivity index (χ4n) is 2.18. The Morgan fingerprint density at radius 1 is 1.19 bits per heavy atom. The minimum Gasteiger partial charge on any atom is -0.352 e. The number of thiazole rings is 1. The Morgan fingerprint density at radius 3 is 2.41 bits per heavy atom. The summed E-state index contributed by atoms with van der Waals surface area (Å²) in [5.41, 5.74) is 1.85. The van der Waals surface area contributed by atoms with Crippen LogP contribution in [0.1, 0.15) is 29.3 Å². The van der Waals surface area contributed by atoms with Gasteiger partial charge in [0.05, 0.1) is 6.54 Å². The number of hydrogen-bond acceptors (Lipinski definition) is 4. The topological polar surface area (TPSA) is 90.4 Å². The number of amides is 2. The zero-order valence-corrected chi connectivity index (χ0v) is 19.1. The van der Waals surface area contributed by atoms with Crippen molar-refractivity contribution >= 4 is 53.0 Å². The number of nitrogens with one attached hydrogen (secondary N) is 4. The van der Waals surface area contributed by atoms with Crippen molar-refractivity contribution in [1.82, 2.24) is 20.9 Å².